The van der Waals surface area contributed by atoms with Crippen LogP contribution in [-0.4, -0.2) is 42.8 Å². The number of hydrogen-bond donors (Lipinski definition) is 0. The highest BCUT2D eigenvalue weighted by Gasteiger charge is 2.72. The zero-order valence-corrected chi connectivity index (χ0v) is 20.7. The second-order valence-electron chi connectivity index (χ2n) is 9.49. The number of ether oxygens (including phenoxy) is 2. The molecule has 186 valence electrons. The summed E-state index contributed by atoms with van der Waals surface area (Å²) in [5, 5.41) is 0. The molecular formula is C31H27NO5. The van der Waals surface area contributed by atoms with Crippen molar-refractivity contribution in [1.29, 1.82) is 0 Å². The van der Waals surface area contributed by atoms with Crippen molar-refractivity contribution in [2.75, 3.05) is 18.1 Å². The monoisotopic (exact) mass is 493 g/mol. The van der Waals surface area contributed by atoms with Crippen LogP contribution < -0.4 is 9.64 Å². The Morgan fingerprint density at radius 2 is 1.51 bits per heavy atom. The lowest BCUT2D eigenvalue weighted by Crippen LogP contribution is -2.48. The largest absolute Gasteiger partial charge is 0.494 e. The fourth-order valence-electron chi connectivity index (χ4n) is 6.48. The number of para-hydroxylation sites is 2. The number of benzene rings is 3. The molecule has 3 atom stereocenters. The van der Waals surface area contributed by atoms with Gasteiger partial charge in [0.25, 0.3) is 0 Å². The van der Waals surface area contributed by atoms with Crippen molar-refractivity contribution >= 4 is 29.3 Å². The molecule has 37 heavy (non-hydrogen) atoms. The van der Waals surface area contributed by atoms with Crippen molar-refractivity contribution in [1.82, 2.24) is 0 Å². The molecule has 3 aromatic rings. The van der Waals surface area contributed by atoms with E-state index in [0.717, 1.165) is 11.3 Å². The average molecular weight is 494 g/mol. The molecule has 0 unspecified atom stereocenters. The summed E-state index contributed by atoms with van der Waals surface area (Å²) in [6.45, 7) is 4.22. The lowest BCUT2D eigenvalue weighted by atomic mass is 9.64. The van der Waals surface area contributed by atoms with E-state index in [9.17, 15) is 14.4 Å². The van der Waals surface area contributed by atoms with Gasteiger partial charge in [0.15, 0.2) is 11.6 Å². The molecule has 1 aliphatic carbocycles. The average Bonchev–Trinajstić information content (AvgIpc) is 3.36. The van der Waals surface area contributed by atoms with Crippen LogP contribution in [0, 0.1) is 5.41 Å². The summed E-state index contributed by atoms with van der Waals surface area (Å²) in [5.74, 6) is -1.28. The molecule has 0 N–H and O–H groups in total. The van der Waals surface area contributed by atoms with Crippen LogP contribution in [0.4, 0.5) is 5.69 Å². The van der Waals surface area contributed by atoms with Gasteiger partial charge in [-0.1, -0.05) is 72.8 Å². The molecule has 0 bridgehead atoms. The number of fused-ring (bicyclic) bond motifs is 5. The molecule has 1 spiro atoms. The maximum Gasteiger partial charge on any atom is 0.329 e. The summed E-state index contributed by atoms with van der Waals surface area (Å²) >= 11 is 0. The summed E-state index contributed by atoms with van der Waals surface area (Å²) < 4.78 is 11.6. The lowest BCUT2D eigenvalue weighted by molar-refractivity contribution is -0.145. The van der Waals surface area contributed by atoms with E-state index in [-0.39, 0.29) is 18.2 Å². The van der Waals surface area contributed by atoms with Crippen LogP contribution in [0.5, 0.6) is 5.75 Å². The van der Waals surface area contributed by atoms with Gasteiger partial charge in [-0.15, -0.1) is 0 Å². The number of nitrogens with zero attached hydrogens (tertiary/aromatic N) is 1. The fourth-order valence-corrected chi connectivity index (χ4v) is 6.48. The number of carbonyl (C=O) groups is 3. The van der Waals surface area contributed by atoms with Crippen molar-refractivity contribution < 1.29 is 23.9 Å². The van der Waals surface area contributed by atoms with E-state index >= 15 is 0 Å². The molecule has 0 saturated carbocycles. The first-order valence-electron chi connectivity index (χ1n) is 12.7. The highest BCUT2D eigenvalue weighted by Crippen LogP contribution is 2.61. The highest BCUT2D eigenvalue weighted by molar-refractivity contribution is 6.32. The topological polar surface area (TPSA) is 72.9 Å². The first-order chi connectivity index (χ1) is 18.1. The maximum absolute atomic E-state index is 14.5. The van der Waals surface area contributed by atoms with Gasteiger partial charge in [-0.3, -0.25) is 9.59 Å². The van der Waals surface area contributed by atoms with Crippen molar-refractivity contribution in [2.24, 2.45) is 5.41 Å². The number of esters is 1. The molecule has 0 amide bonds. The zero-order valence-electron chi connectivity index (χ0n) is 20.7. The standard InChI is InChI=1S/C31H27NO5/c1-3-36-24-16-10-8-14-22(24)26-27(30(35)37-4-2)32-23-15-9-5-11-19(23)17-18-25(32)31(26)28(33)20-12-6-7-13-21(20)29(31)34/h5-18,25-27H,3-4H2,1-2H3/t25-,26+,27-/m0/s1. The van der Waals surface area contributed by atoms with Crippen LogP contribution in [0.1, 0.15) is 51.6 Å². The molecule has 3 aromatic carbocycles. The second kappa shape index (κ2) is 8.73. The second-order valence-corrected chi connectivity index (χ2v) is 9.49. The first kappa shape index (κ1) is 23.2. The van der Waals surface area contributed by atoms with Gasteiger partial charge >= 0.3 is 5.97 Å². The maximum atomic E-state index is 14.5. The van der Waals surface area contributed by atoms with Gasteiger partial charge in [0.05, 0.1) is 19.3 Å². The van der Waals surface area contributed by atoms with Crippen LogP contribution in [0.3, 0.4) is 0 Å². The van der Waals surface area contributed by atoms with Crippen molar-refractivity contribution in [3.05, 3.63) is 101 Å². The van der Waals surface area contributed by atoms with Crippen molar-refractivity contribution in [3.63, 3.8) is 0 Å². The molecular weight excluding hydrogens is 466 g/mol. The molecule has 3 aliphatic rings. The number of rotatable bonds is 5. The lowest BCUT2D eigenvalue weighted by Gasteiger charge is -2.36. The molecule has 0 radical (unpaired) electrons. The van der Waals surface area contributed by atoms with Crippen LogP contribution >= 0.6 is 0 Å². The quantitative estimate of drug-likeness (QED) is 0.365. The Morgan fingerprint density at radius 1 is 0.865 bits per heavy atom. The highest BCUT2D eigenvalue weighted by atomic mass is 16.5. The Kier molecular flexibility index (Phi) is 5.48. The van der Waals surface area contributed by atoms with Crippen LogP contribution in [0.15, 0.2) is 78.9 Å². The SMILES string of the molecule is CCOC(=O)[C@@H]1[C@@H](c2ccccc2OCC)C2(C(=O)c3ccccc3C2=O)[C@@H]2C=Cc3ccccc3N12. The minimum atomic E-state index is -1.56. The van der Waals surface area contributed by atoms with Crippen LogP contribution in [0.25, 0.3) is 6.08 Å². The van der Waals surface area contributed by atoms with Gasteiger partial charge in [-0.2, -0.15) is 0 Å². The number of carbonyl (C=O) groups excluding carboxylic acids is 3. The Morgan fingerprint density at radius 3 is 2.22 bits per heavy atom. The summed E-state index contributed by atoms with van der Waals surface area (Å²) in [5.41, 5.74) is 1.58. The summed E-state index contributed by atoms with van der Waals surface area (Å²) in [6, 6.07) is 20.5. The molecule has 0 aromatic heterocycles. The predicted molar refractivity (Wildman–Crippen MR) is 140 cm³/mol. The number of ketones is 2. The van der Waals surface area contributed by atoms with E-state index in [1.165, 1.54) is 0 Å². The van der Waals surface area contributed by atoms with Gasteiger partial charge in [-0.25, -0.2) is 4.79 Å². The molecule has 6 heteroatoms. The minimum Gasteiger partial charge on any atom is -0.494 e. The van der Waals surface area contributed by atoms with Gasteiger partial charge in [0.2, 0.25) is 0 Å². The van der Waals surface area contributed by atoms with Crippen LogP contribution in [0.2, 0.25) is 0 Å². The van der Waals surface area contributed by atoms with Crippen molar-refractivity contribution in [2.45, 2.75) is 31.8 Å². The van der Waals surface area contributed by atoms with Gasteiger partial charge in [0, 0.05) is 28.3 Å². The summed E-state index contributed by atoms with van der Waals surface area (Å²) in [6.07, 6.45) is 3.85. The molecule has 6 nitrogen and oxygen atoms in total. The normalized spacial score (nSPS) is 22.5. The van der Waals surface area contributed by atoms with E-state index in [4.69, 9.17) is 9.47 Å². The van der Waals surface area contributed by atoms with Crippen molar-refractivity contribution in [3.8, 4) is 5.75 Å². The van der Waals surface area contributed by atoms with E-state index in [0.29, 0.717) is 29.0 Å². The van der Waals surface area contributed by atoms with Gasteiger partial charge in [0.1, 0.15) is 17.2 Å². The Bertz CT molecular complexity index is 1420. The van der Waals surface area contributed by atoms with E-state index in [1.807, 2.05) is 72.5 Å². The van der Waals surface area contributed by atoms with E-state index in [1.54, 1.807) is 31.2 Å². The Balaban J connectivity index is 1.69. The van der Waals surface area contributed by atoms with Gasteiger partial charge < -0.3 is 14.4 Å². The summed E-state index contributed by atoms with van der Waals surface area (Å²) in [7, 11) is 0. The number of anilines is 1. The molecule has 6 rings (SSSR count). The Labute approximate surface area is 215 Å². The predicted octanol–water partition coefficient (Wildman–Crippen LogP) is 5.08. The summed E-state index contributed by atoms with van der Waals surface area (Å²) in [4.78, 5) is 44.8. The third kappa shape index (κ3) is 3.08. The first-order valence-corrected chi connectivity index (χ1v) is 12.7. The fraction of sp³-hybridized carbons (Fsp3) is 0.258. The minimum absolute atomic E-state index is 0.181. The van der Waals surface area contributed by atoms with E-state index in [2.05, 4.69) is 0 Å². The zero-order chi connectivity index (χ0) is 25.7. The number of Topliss-reactive ketones (excluding diaryl/α,β-unsaturated/α-hetero) is 2. The third-order valence-corrected chi connectivity index (χ3v) is 7.79. The van der Waals surface area contributed by atoms with Crippen LogP contribution in [-0.2, 0) is 9.53 Å². The van der Waals surface area contributed by atoms with Gasteiger partial charge in [-0.05, 0) is 31.5 Å². The Hall–Kier alpha value is -4.19. The molecule has 2 heterocycles. The molecule has 2 aliphatic heterocycles. The molecule has 1 saturated heterocycles. The number of hydrogen-bond acceptors (Lipinski definition) is 6. The van der Waals surface area contributed by atoms with E-state index < -0.39 is 29.4 Å². The smallest absolute Gasteiger partial charge is 0.329 e. The molecule has 1 fully saturated rings. The third-order valence-electron chi connectivity index (χ3n) is 7.79.